The molecule has 0 bridgehead atoms. The Hall–Kier alpha value is -1.60. The van der Waals surface area contributed by atoms with E-state index < -0.39 is 5.60 Å². The third kappa shape index (κ3) is 2.15. The third-order valence-corrected chi connectivity index (χ3v) is 2.94. The fourth-order valence-corrected chi connectivity index (χ4v) is 2.16. The number of hydrogen-bond acceptors (Lipinski definition) is 4. The average Bonchev–Trinajstić information content (AvgIpc) is 2.27. The number of anilines is 1. The van der Waals surface area contributed by atoms with Crippen LogP contribution in [0.1, 0.15) is 25.3 Å². The molecule has 1 aliphatic heterocycles. The number of β-amino-alcohol motifs (C(OH)–C–C–N with tert-alkyl or cyclic N) is 1. The summed E-state index contributed by atoms with van der Waals surface area (Å²) < 4.78 is 0. The van der Waals surface area contributed by atoms with E-state index in [9.17, 15) is 5.11 Å². The molecule has 2 heterocycles. The van der Waals surface area contributed by atoms with Crippen molar-refractivity contribution in [2.24, 2.45) is 0 Å². The molecule has 1 aliphatic rings. The summed E-state index contributed by atoms with van der Waals surface area (Å²) in [5.74, 6) is 0. The van der Waals surface area contributed by atoms with Gasteiger partial charge in [-0.2, -0.15) is 5.26 Å². The summed E-state index contributed by atoms with van der Waals surface area (Å²) >= 11 is 0. The molecule has 0 amide bonds. The maximum absolute atomic E-state index is 10.0. The predicted octanol–water partition coefficient (Wildman–Crippen LogP) is 1.30. The number of piperidine rings is 1. The second-order valence-electron chi connectivity index (χ2n) is 4.53. The number of aromatic nitrogens is 1. The molecule has 0 spiro atoms. The quantitative estimate of drug-likeness (QED) is 0.770. The van der Waals surface area contributed by atoms with Gasteiger partial charge in [0.25, 0.3) is 0 Å². The maximum Gasteiger partial charge on any atom is 0.101 e. The van der Waals surface area contributed by atoms with Gasteiger partial charge < -0.3 is 10.0 Å². The van der Waals surface area contributed by atoms with E-state index in [0.29, 0.717) is 12.1 Å². The zero-order valence-corrected chi connectivity index (χ0v) is 9.35. The zero-order valence-electron chi connectivity index (χ0n) is 9.35. The summed E-state index contributed by atoms with van der Waals surface area (Å²) in [5.41, 5.74) is 0.776. The van der Waals surface area contributed by atoms with Gasteiger partial charge in [-0.05, 0) is 25.8 Å². The van der Waals surface area contributed by atoms with E-state index in [0.717, 1.165) is 25.1 Å². The summed E-state index contributed by atoms with van der Waals surface area (Å²) in [4.78, 5) is 6.08. The zero-order chi connectivity index (χ0) is 11.6. The molecule has 0 aromatic carbocycles. The lowest BCUT2D eigenvalue weighted by Crippen LogP contribution is -2.46. The largest absolute Gasteiger partial charge is 0.388 e. The second-order valence-corrected chi connectivity index (χ2v) is 4.53. The number of rotatable bonds is 1. The van der Waals surface area contributed by atoms with Crippen LogP contribution in [0, 0.1) is 11.3 Å². The highest BCUT2D eigenvalue weighted by Gasteiger charge is 2.29. The summed E-state index contributed by atoms with van der Waals surface area (Å²) in [6, 6.07) is 3.86. The minimum absolute atomic E-state index is 0.563. The van der Waals surface area contributed by atoms with E-state index in [1.54, 1.807) is 18.5 Å². The Balaban J connectivity index is 2.27. The van der Waals surface area contributed by atoms with Gasteiger partial charge in [-0.3, -0.25) is 4.98 Å². The molecular weight excluding hydrogens is 202 g/mol. The summed E-state index contributed by atoms with van der Waals surface area (Å²) in [7, 11) is 0. The number of pyridine rings is 1. The summed E-state index contributed by atoms with van der Waals surface area (Å²) in [6.07, 6.45) is 5.06. The first kappa shape index (κ1) is 10.9. The molecular formula is C12H15N3O. The van der Waals surface area contributed by atoms with Crippen LogP contribution in [-0.4, -0.2) is 28.8 Å². The lowest BCUT2D eigenvalue weighted by molar-refractivity contribution is 0.0449. The van der Waals surface area contributed by atoms with Crippen molar-refractivity contribution in [2.45, 2.75) is 25.4 Å². The van der Waals surface area contributed by atoms with Crippen LogP contribution >= 0.6 is 0 Å². The van der Waals surface area contributed by atoms with Gasteiger partial charge in [0.2, 0.25) is 0 Å². The van der Waals surface area contributed by atoms with Crippen LogP contribution < -0.4 is 4.90 Å². The van der Waals surface area contributed by atoms with Gasteiger partial charge in [-0.1, -0.05) is 0 Å². The molecule has 0 radical (unpaired) electrons. The van der Waals surface area contributed by atoms with Crippen molar-refractivity contribution in [1.82, 2.24) is 4.98 Å². The molecule has 1 atom stereocenters. The van der Waals surface area contributed by atoms with Crippen LogP contribution in [0.15, 0.2) is 18.5 Å². The SMILES string of the molecule is CC1(O)CCCN(c2cnccc2C#N)C1. The number of aliphatic hydroxyl groups is 1. The van der Waals surface area contributed by atoms with Gasteiger partial charge in [0.05, 0.1) is 23.0 Å². The molecule has 1 N–H and O–H groups in total. The van der Waals surface area contributed by atoms with Gasteiger partial charge in [-0.15, -0.1) is 0 Å². The molecule has 1 aromatic heterocycles. The van der Waals surface area contributed by atoms with Crippen molar-refractivity contribution < 1.29 is 5.11 Å². The van der Waals surface area contributed by atoms with Gasteiger partial charge in [0, 0.05) is 19.3 Å². The van der Waals surface area contributed by atoms with Crippen molar-refractivity contribution in [3.63, 3.8) is 0 Å². The molecule has 4 nitrogen and oxygen atoms in total. The van der Waals surface area contributed by atoms with Crippen LogP contribution in [0.25, 0.3) is 0 Å². The van der Waals surface area contributed by atoms with Crippen molar-refractivity contribution in [3.05, 3.63) is 24.0 Å². The fourth-order valence-electron chi connectivity index (χ4n) is 2.16. The van der Waals surface area contributed by atoms with Gasteiger partial charge in [0.15, 0.2) is 0 Å². The molecule has 2 rings (SSSR count). The van der Waals surface area contributed by atoms with Gasteiger partial charge >= 0.3 is 0 Å². The number of nitriles is 1. The van der Waals surface area contributed by atoms with Crippen molar-refractivity contribution in [1.29, 1.82) is 5.26 Å². The molecule has 1 saturated heterocycles. The highest BCUT2D eigenvalue weighted by atomic mass is 16.3. The highest BCUT2D eigenvalue weighted by molar-refractivity contribution is 5.58. The molecule has 4 heteroatoms. The first-order chi connectivity index (χ1) is 7.62. The average molecular weight is 217 g/mol. The van der Waals surface area contributed by atoms with E-state index >= 15 is 0 Å². The smallest absolute Gasteiger partial charge is 0.101 e. The van der Waals surface area contributed by atoms with E-state index in [1.165, 1.54) is 0 Å². The predicted molar refractivity (Wildman–Crippen MR) is 61.0 cm³/mol. The van der Waals surface area contributed by atoms with Crippen LogP contribution in [-0.2, 0) is 0 Å². The van der Waals surface area contributed by atoms with Crippen molar-refractivity contribution in [2.75, 3.05) is 18.0 Å². The Labute approximate surface area is 95.1 Å². The maximum atomic E-state index is 10.0. The normalized spacial score (nSPS) is 25.2. The first-order valence-corrected chi connectivity index (χ1v) is 5.44. The Morgan fingerprint density at radius 2 is 2.44 bits per heavy atom. The molecule has 0 aliphatic carbocycles. The lowest BCUT2D eigenvalue weighted by Gasteiger charge is -2.38. The Kier molecular flexibility index (Phi) is 2.80. The van der Waals surface area contributed by atoms with Gasteiger partial charge in [-0.25, -0.2) is 0 Å². The number of hydrogen-bond donors (Lipinski definition) is 1. The van der Waals surface area contributed by atoms with Gasteiger partial charge in [0.1, 0.15) is 6.07 Å². The van der Waals surface area contributed by atoms with Crippen molar-refractivity contribution in [3.8, 4) is 6.07 Å². The van der Waals surface area contributed by atoms with Crippen molar-refractivity contribution >= 4 is 5.69 Å². The number of nitrogens with zero attached hydrogens (tertiary/aromatic N) is 3. The van der Waals surface area contributed by atoms with Crippen LogP contribution in [0.4, 0.5) is 5.69 Å². The van der Waals surface area contributed by atoms with Crippen LogP contribution in [0.3, 0.4) is 0 Å². The first-order valence-electron chi connectivity index (χ1n) is 5.44. The third-order valence-electron chi connectivity index (χ3n) is 2.94. The molecule has 84 valence electrons. The Morgan fingerprint density at radius 3 is 3.12 bits per heavy atom. The monoisotopic (exact) mass is 217 g/mol. The fraction of sp³-hybridized carbons (Fsp3) is 0.500. The molecule has 0 saturated carbocycles. The minimum atomic E-state index is -0.666. The highest BCUT2D eigenvalue weighted by Crippen LogP contribution is 2.27. The van der Waals surface area contributed by atoms with Crippen LogP contribution in [0.2, 0.25) is 0 Å². The molecule has 16 heavy (non-hydrogen) atoms. The summed E-state index contributed by atoms with van der Waals surface area (Å²) in [5, 5.41) is 19.0. The standard InChI is InChI=1S/C12H15N3O/c1-12(16)4-2-6-15(9-12)11-8-14-5-3-10(11)7-13/h3,5,8,16H,2,4,6,9H2,1H3. The van der Waals surface area contributed by atoms with E-state index in [2.05, 4.69) is 11.1 Å². The second kappa shape index (κ2) is 4.11. The van der Waals surface area contributed by atoms with E-state index in [4.69, 9.17) is 5.26 Å². The lowest BCUT2D eigenvalue weighted by atomic mass is 9.94. The molecule has 1 aromatic rings. The topological polar surface area (TPSA) is 60.1 Å². The summed E-state index contributed by atoms with van der Waals surface area (Å²) in [6.45, 7) is 3.27. The minimum Gasteiger partial charge on any atom is -0.388 e. The molecule has 1 fully saturated rings. The van der Waals surface area contributed by atoms with Crippen LogP contribution in [0.5, 0.6) is 0 Å². The Morgan fingerprint density at radius 1 is 1.62 bits per heavy atom. The van der Waals surface area contributed by atoms with E-state index in [-0.39, 0.29) is 0 Å². The Bertz CT molecular complexity index is 423. The molecule has 1 unspecified atom stereocenters. The van der Waals surface area contributed by atoms with E-state index in [1.807, 2.05) is 11.8 Å².